The van der Waals surface area contributed by atoms with E-state index in [1.807, 2.05) is 0 Å². The molecule has 71 heavy (non-hydrogen) atoms. The van der Waals surface area contributed by atoms with E-state index in [-0.39, 0.29) is 17.5 Å². The fourth-order valence-electron chi connectivity index (χ4n) is 12.8. The molecule has 0 atom stereocenters. The molecule has 0 saturated heterocycles. The summed E-state index contributed by atoms with van der Waals surface area (Å²) in [5.41, 5.74) is 15.3. The number of fused-ring (bicyclic) bond motifs is 18. The maximum Gasteiger partial charge on any atom is 0.272 e. The molecule has 0 radical (unpaired) electrons. The van der Waals surface area contributed by atoms with Gasteiger partial charge in [0.1, 0.15) is 0 Å². The monoisotopic (exact) mass is 913 g/mol. The number of anilines is 6. The van der Waals surface area contributed by atoms with E-state index in [9.17, 15) is 0 Å². The maximum atomic E-state index is 2.64. The summed E-state index contributed by atoms with van der Waals surface area (Å²) in [6, 6.07) is 72.1. The van der Waals surface area contributed by atoms with Crippen LogP contribution in [0.2, 0.25) is 0 Å². The molecule has 0 bridgehead atoms. The van der Waals surface area contributed by atoms with Crippen molar-refractivity contribution in [1.82, 2.24) is 4.57 Å². The fraction of sp³-hybridized carbons (Fsp3) is 0.164. The van der Waals surface area contributed by atoms with E-state index in [1.54, 1.807) is 0 Å². The minimum absolute atomic E-state index is 0.0102. The molecular weight excluding hydrogens is 858 g/mol. The number of hydrogen-bond donors (Lipinski definition) is 0. The van der Waals surface area contributed by atoms with Crippen molar-refractivity contribution in [2.45, 2.75) is 65.2 Å². The summed E-state index contributed by atoms with van der Waals surface area (Å²) >= 11 is 0. The zero-order chi connectivity index (χ0) is 48.1. The van der Waals surface area contributed by atoms with Gasteiger partial charge in [0.05, 0.1) is 5.69 Å². The SMILES string of the molecule is CCC(C)(C)c1ccc2c(c1)B1c3c(cccc3N(c3ccc4c5ccccc5c5ccccc5c4c3)c3c1n(C)c1ccc(C(C)(C)CC)cc31)N2c1ccc2c3ccccc3c3ccccc3c2c1. The van der Waals surface area contributed by atoms with Crippen molar-refractivity contribution in [3.05, 3.63) is 199 Å². The lowest BCUT2D eigenvalue weighted by Crippen LogP contribution is -2.63. The smallest absolute Gasteiger partial charge is 0.272 e. The van der Waals surface area contributed by atoms with Crippen molar-refractivity contribution in [3.8, 4) is 0 Å². The number of aromatic nitrogens is 1. The second-order valence-corrected chi connectivity index (χ2v) is 21.7. The lowest BCUT2D eigenvalue weighted by Gasteiger charge is -2.44. The highest BCUT2D eigenvalue weighted by molar-refractivity contribution is 7.00. The summed E-state index contributed by atoms with van der Waals surface area (Å²) in [7, 11) is 2.32. The zero-order valence-corrected chi connectivity index (χ0v) is 41.7. The molecule has 0 N–H and O–H groups in total. The standard InChI is InChI=1S/C67H56BN3/c1-8-66(3,4)41-29-35-59-57(37-41)64-65(69(59)7)68-58-38-42(67(5,6)9-2)30-36-60(58)70(43-31-33-53-49-23-12-10-19-45(49)47-21-14-16-25-51(47)55(53)39-43)61-27-18-28-62(63(61)68)71(64)44-32-34-54-50-24-13-11-20-46(50)48-22-15-17-26-52(48)56(54)40-44/h10-40H,8-9H2,1-7H3. The van der Waals surface area contributed by atoms with Gasteiger partial charge in [0.15, 0.2) is 0 Å². The van der Waals surface area contributed by atoms with E-state index in [0.29, 0.717) is 0 Å². The summed E-state index contributed by atoms with van der Waals surface area (Å²) in [6.07, 6.45) is 2.10. The number of benzene rings is 11. The summed E-state index contributed by atoms with van der Waals surface area (Å²) in [4.78, 5) is 5.23. The Bertz CT molecular complexity index is 4180. The van der Waals surface area contributed by atoms with Crippen molar-refractivity contribution >= 4 is 133 Å². The Morgan fingerprint density at radius 1 is 0.380 bits per heavy atom. The maximum absolute atomic E-state index is 2.64. The van der Waals surface area contributed by atoms with E-state index in [1.165, 1.54) is 137 Å². The van der Waals surface area contributed by atoms with Crippen LogP contribution in [0, 0.1) is 0 Å². The van der Waals surface area contributed by atoms with Crippen molar-refractivity contribution in [1.29, 1.82) is 0 Å². The van der Waals surface area contributed by atoms with Crippen LogP contribution < -0.4 is 26.3 Å². The molecule has 0 fully saturated rings. The van der Waals surface area contributed by atoms with E-state index in [2.05, 4.69) is 251 Å². The summed E-state index contributed by atoms with van der Waals surface area (Å²) in [6.45, 7) is 14.2. The van der Waals surface area contributed by atoms with E-state index in [4.69, 9.17) is 0 Å². The number of hydrogen-bond acceptors (Lipinski definition) is 2. The molecular formula is C67H56BN3. The average molecular weight is 914 g/mol. The Hall–Kier alpha value is -7.82. The summed E-state index contributed by atoms with van der Waals surface area (Å²) in [5, 5.41) is 16.7. The highest BCUT2D eigenvalue weighted by atomic mass is 15.2. The van der Waals surface area contributed by atoms with Crippen molar-refractivity contribution in [2.75, 3.05) is 9.80 Å². The highest BCUT2D eigenvalue weighted by Gasteiger charge is 2.46. The van der Waals surface area contributed by atoms with Gasteiger partial charge in [-0.2, -0.15) is 0 Å². The average Bonchev–Trinajstić information content (AvgIpc) is 3.71. The predicted octanol–water partition coefficient (Wildman–Crippen LogP) is 16.6. The molecule has 3 heterocycles. The zero-order valence-electron chi connectivity index (χ0n) is 41.7. The third kappa shape index (κ3) is 5.85. The van der Waals surface area contributed by atoms with Gasteiger partial charge in [-0.25, -0.2) is 0 Å². The Labute approximate surface area is 416 Å². The predicted molar refractivity (Wildman–Crippen MR) is 309 cm³/mol. The Morgan fingerprint density at radius 2 is 0.803 bits per heavy atom. The van der Waals surface area contributed by atoms with Crippen LogP contribution in [0.1, 0.15) is 65.5 Å². The van der Waals surface area contributed by atoms with Crippen LogP contribution in [0.3, 0.4) is 0 Å². The van der Waals surface area contributed by atoms with Gasteiger partial charge in [0, 0.05) is 52.0 Å². The molecule has 2 aliphatic rings. The van der Waals surface area contributed by atoms with Crippen molar-refractivity contribution in [2.24, 2.45) is 7.05 Å². The Balaban J connectivity index is 1.10. The molecule has 342 valence electrons. The van der Waals surface area contributed by atoms with Gasteiger partial charge in [0.2, 0.25) is 0 Å². The molecule has 2 aliphatic heterocycles. The molecule has 1 aromatic heterocycles. The second-order valence-electron chi connectivity index (χ2n) is 21.7. The summed E-state index contributed by atoms with van der Waals surface area (Å²) in [5.74, 6) is 0. The van der Waals surface area contributed by atoms with Gasteiger partial charge < -0.3 is 14.4 Å². The first-order valence-corrected chi connectivity index (χ1v) is 25.7. The van der Waals surface area contributed by atoms with E-state index < -0.39 is 0 Å². The molecule has 0 unspecified atom stereocenters. The van der Waals surface area contributed by atoms with Crippen LogP contribution in [0.25, 0.3) is 75.5 Å². The normalized spacial score (nSPS) is 13.6. The topological polar surface area (TPSA) is 11.4 Å². The van der Waals surface area contributed by atoms with Crippen molar-refractivity contribution < 1.29 is 0 Å². The van der Waals surface area contributed by atoms with Gasteiger partial charge in [0.25, 0.3) is 6.71 Å². The minimum Gasteiger partial charge on any atom is -0.353 e. The largest absolute Gasteiger partial charge is 0.353 e. The van der Waals surface area contributed by atoms with Crippen LogP contribution in [0.15, 0.2) is 188 Å². The van der Waals surface area contributed by atoms with Crippen LogP contribution in [0.4, 0.5) is 34.1 Å². The Morgan fingerprint density at radius 3 is 1.30 bits per heavy atom. The first-order chi connectivity index (χ1) is 34.6. The third-order valence-electron chi connectivity index (χ3n) is 17.4. The fourth-order valence-corrected chi connectivity index (χ4v) is 12.8. The summed E-state index contributed by atoms with van der Waals surface area (Å²) < 4.78 is 2.54. The Kier molecular flexibility index (Phi) is 8.95. The van der Waals surface area contributed by atoms with Gasteiger partial charge in [-0.1, -0.05) is 175 Å². The van der Waals surface area contributed by atoms with Crippen LogP contribution in [-0.4, -0.2) is 11.3 Å². The molecule has 0 saturated carbocycles. The van der Waals surface area contributed by atoms with Crippen LogP contribution >= 0.6 is 0 Å². The number of nitrogens with zero attached hydrogens (tertiary/aromatic N) is 3. The molecule has 4 heteroatoms. The second kappa shape index (κ2) is 15.1. The lowest BCUT2D eigenvalue weighted by molar-refractivity contribution is 0.506. The van der Waals surface area contributed by atoms with Gasteiger partial charge in [-0.05, 0) is 165 Å². The highest BCUT2D eigenvalue weighted by Crippen LogP contribution is 2.50. The first-order valence-electron chi connectivity index (χ1n) is 25.7. The molecule has 14 rings (SSSR count). The minimum atomic E-state index is -0.0261. The molecule has 3 nitrogen and oxygen atoms in total. The van der Waals surface area contributed by atoms with Gasteiger partial charge in [-0.15, -0.1) is 0 Å². The molecule has 0 aliphatic carbocycles. The van der Waals surface area contributed by atoms with E-state index in [0.717, 1.165) is 12.8 Å². The van der Waals surface area contributed by atoms with Crippen LogP contribution in [0.5, 0.6) is 0 Å². The van der Waals surface area contributed by atoms with Crippen molar-refractivity contribution in [3.63, 3.8) is 0 Å². The van der Waals surface area contributed by atoms with Gasteiger partial charge in [-0.3, -0.25) is 0 Å². The molecule has 0 amide bonds. The number of rotatable bonds is 6. The lowest BCUT2D eigenvalue weighted by atomic mass is 9.34. The van der Waals surface area contributed by atoms with Crippen LogP contribution in [-0.2, 0) is 17.9 Å². The molecule has 12 aromatic rings. The van der Waals surface area contributed by atoms with Gasteiger partial charge >= 0.3 is 0 Å². The first kappa shape index (κ1) is 42.1. The third-order valence-corrected chi connectivity index (χ3v) is 17.4. The molecule has 0 spiro atoms. The van der Waals surface area contributed by atoms with E-state index >= 15 is 0 Å². The molecule has 11 aromatic carbocycles. The number of aryl methyl sites for hydroxylation is 1. The quantitative estimate of drug-likeness (QED) is 0.122.